The number of nitrogens with zero attached hydrogens (tertiary/aromatic N) is 1. The molecule has 4 N–H and O–H groups in total. The summed E-state index contributed by atoms with van der Waals surface area (Å²) in [7, 11) is 0. The summed E-state index contributed by atoms with van der Waals surface area (Å²) in [5.41, 5.74) is 6.77. The standard InChI is InChI=1S/C20H25FN4O3/c21-20(11-22)6-12(7-20)8-23-9-13-2-1-3-14-15(13)10-25(19(14)28)16-4-5-17(26)24-18(16)27/h1-3,12,16,23H,4-11,22H2,(H,24,26,27). The molecule has 3 amide bonds. The third-order valence-corrected chi connectivity index (χ3v) is 6.10. The maximum absolute atomic E-state index is 13.9. The molecule has 3 aliphatic rings. The fourth-order valence-corrected chi connectivity index (χ4v) is 4.51. The Hall–Kier alpha value is -2.32. The lowest BCUT2D eigenvalue weighted by atomic mass is 9.72. The van der Waals surface area contributed by atoms with Crippen molar-refractivity contribution < 1.29 is 18.8 Å². The first-order valence-corrected chi connectivity index (χ1v) is 9.75. The summed E-state index contributed by atoms with van der Waals surface area (Å²) in [5, 5.41) is 5.67. The molecular weight excluding hydrogens is 363 g/mol. The van der Waals surface area contributed by atoms with Crippen LogP contribution in [0.5, 0.6) is 0 Å². The largest absolute Gasteiger partial charge is 0.328 e. The van der Waals surface area contributed by atoms with Crippen molar-refractivity contribution >= 4 is 17.7 Å². The van der Waals surface area contributed by atoms with E-state index >= 15 is 0 Å². The van der Waals surface area contributed by atoms with Crippen LogP contribution >= 0.6 is 0 Å². The molecule has 8 heteroatoms. The Balaban J connectivity index is 1.39. The third kappa shape index (κ3) is 3.42. The van der Waals surface area contributed by atoms with E-state index in [1.165, 1.54) is 0 Å². The lowest BCUT2D eigenvalue weighted by molar-refractivity contribution is -0.136. The topological polar surface area (TPSA) is 105 Å². The van der Waals surface area contributed by atoms with Crippen LogP contribution in [0.4, 0.5) is 4.39 Å². The molecule has 1 unspecified atom stereocenters. The highest BCUT2D eigenvalue weighted by Crippen LogP contribution is 2.40. The quantitative estimate of drug-likeness (QED) is 0.620. The van der Waals surface area contributed by atoms with Gasteiger partial charge in [0.25, 0.3) is 5.91 Å². The number of carbonyl (C=O) groups is 3. The molecule has 28 heavy (non-hydrogen) atoms. The van der Waals surface area contributed by atoms with E-state index in [1.807, 2.05) is 12.1 Å². The Kier molecular flexibility index (Phi) is 4.93. The summed E-state index contributed by atoms with van der Waals surface area (Å²) in [6.45, 7) is 1.73. The van der Waals surface area contributed by atoms with Crippen LogP contribution in [-0.4, -0.2) is 47.4 Å². The molecule has 4 rings (SSSR count). The van der Waals surface area contributed by atoms with Crippen molar-refractivity contribution in [2.24, 2.45) is 11.7 Å². The number of hydrogen-bond donors (Lipinski definition) is 3. The van der Waals surface area contributed by atoms with Crippen molar-refractivity contribution in [2.45, 2.75) is 50.5 Å². The van der Waals surface area contributed by atoms with Gasteiger partial charge in [-0.1, -0.05) is 12.1 Å². The highest BCUT2D eigenvalue weighted by atomic mass is 19.1. The van der Waals surface area contributed by atoms with E-state index in [9.17, 15) is 18.8 Å². The molecule has 150 valence electrons. The Labute approximate surface area is 162 Å². The van der Waals surface area contributed by atoms with Crippen molar-refractivity contribution in [3.8, 4) is 0 Å². The van der Waals surface area contributed by atoms with Gasteiger partial charge in [0.2, 0.25) is 11.8 Å². The zero-order chi connectivity index (χ0) is 19.9. The molecular formula is C20H25FN4O3. The number of rotatable bonds is 6. The van der Waals surface area contributed by atoms with Crippen LogP contribution in [-0.2, 0) is 22.7 Å². The number of imide groups is 1. The van der Waals surface area contributed by atoms with Gasteiger partial charge in [0, 0.05) is 31.6 Å². The smallest absolute Gasteiger partial charge is 0.255 e. The number of alkyl halides is 1. The molecule has 1 saturated carbocycles. The SMILES string of the molecule is NCC1(F)CC(CNCc2cccc3c2CN(C2CCC(=O)NC2=O)C3=O)C1. The Morgan fingerprint density at radius 3 is 2.79 bits per heavy atom. The van der Waals surface area contributed by atoms with Gasteiger partial charge < -0.3 is 16.0 Å². The van der Waals surface area contributed by atoms with Crippen molar-refractivity contribution in [3.63, 3.8) is 0 Å². The number of halogens is 1. The maximum atomic E-state index is 13.9. The van der Waals surface area contributed by atoms with Crippen LogP contribution in [0, 0.1) is 5.92 Å². The van der Waals surface area contributed by atoms with E-state index in [0.29, 0.717) is 44.5 Å². The van der Waals surface area contributed by atoms with E-state index in [4.69, 9.17) is 5.73 Å². The number of carbonyl (C=O) groups excluding carboxylic acids is 3. The number of hydrogen-bond acceptors (Lipinski definition) is 5. The predicted octanol–water partition coefficient (Wildman–Crippen LogP) is 0.614. The van der Waals surface area contributed by atoms with Gasteiger partial charge in [0.05, 0.1) is 0 Å². The molecule has 7 nitrogen and oxygen atoms in total. The number of nitrogens with two attached hydrogens (primary N) is 1. The molecule has 1 atom stereocenters. The first-order chi connectivity index (χ1) is 13.4. The highest BCUT2D eigenvalue weighted by molar-refractivity contribution is 6.05. The average molecular weight is 388 g/mol. The molecule has 0 spiro atoms. The van der Waals surface area contributed by atoms with E-state index in [1.54, 1.807) is 11.0 Å². The summed E-state index contributed by atoms with van der Waals surface area (Å²) in [6, 6.07) is 4.97. The van der Waals surface area contributed by atoms with Crippen LogP contribution in [0.2, 0.25) is 0 Å². The van der Waals surface area contributed by atoms with Gasteiger partial charge in [-0.05, 0) is 48.9 Å². The minimum Gasteiger partial charge on any atom is -0.328 e. The summed E-state index contributed by atoms with van der Waals surface area (Å²) in [5.74, 6) is -0.586. The highest BCUT2D eigenvalue weighted by Gasteiger charge is 2.43. The van der Waals surface area contributed by atoms with Crippen LogP contribution in [0.15, 0.2) is 18.2 Å². The lowest BCUT2D eigenvalue weighted by Gasteiger charge is -2.40. The fourth-order valence-electron chi connectivity index (χ4n) is 4.51. The second-order valence-electron chi connectivity index (χ2n) is 8.10. The van der Waals surface area contributed by atoms with Crippen LogP contribution in [0.1, 0.15) is 47.2 Å². The van der Waals surface area contributed by atoms with E-state index in [-0.39, 0.29) is 30.7 Å². The van der Waals surface area contributed by atoms with Gasteiger partial charge in [-0.15, -0.1) is 0 Å². The van der Waals surface area contributed by atoms with E-state index in [2.05, 4.69) is 10.6 Å². The predicted molar refractivity (Wildman–Crippen MR) is 99.8 cm³/mol. The van der Waals surface area contributed by atoms with Gasteiger partial charge in [-0.3, -0.25) is 19.7 Å². The van der Waals surface area contributed by atoms with Gasteiger partial charge >= 0.3 is 0 Å². The second kappa shape index (κ2) is 7.25. The fraction of sp³-hybridized carbons (Fsp3) is 0.550. The first-order valence-electron chi connectivity index (χ1n) is 9.75. The van der Waals surface area contributed by atoms with Crippen LogP contribution in [0.3, 0.4) is 0 Å². The molecule has 2 fully saturated rings. The van der Waals surface area contributed by atoms with Gasteiger partial charge in [0.15, 0.2) is 0 Å². The first kappa shape index (κ1) is 19.0. The molecule has 1 aromatic rings. The maximum Gasteiger partial charge on any atom is 0.255 e. The zero-order valence-electron chi connectivity index (χ0n) is 15.7. The molecule has 1 aromatic carbocycles. The number of nitrogens with one attached hydrogen (secondary N) is 2. The molecule has 0 aromatic heterocycles. The van der Waals surface area contributed by atoms with E-state index in [0.717, 1.165) is 11.1 Å². The van der Waals surface area contributed by atoms with E-state index < -0.39 is 17.6 Å². The van der Waals surface area contributed by atoms with Gasteiger partial charge in [-0.2, -0.15) is 0 Å². The molecule has 1 aliphatic carbocycles. The summed E-state index contributed by atoms with van der Waals surface area (Å²) >= 11 is 0. The van der Waals surface area contributed by atoms with Crippen molar-refractivity contribution in [2.75, 3.05) is 13.1 Å². The van der Waals surface area contributed by atoms with Crippen molar-refractivity contribution in [1.29, 1.82) is 0 Å². The third-order valence-electron chi connectivity index (χ3n) is 6.10. The summed E-state index contributed by atoms with van der Waals surface area (Å²) < 4.78 is 13.9. The Bertz CT molecular complexity index is 822. The molecule has 0 bridgehead atoms. The summed E-state index contributed by atoms with van der Waals surface area (Å²) in [6.07, 6.45) is 1.58. The van der Waals surface area contributed by atoms with Crippen molar-refractivity contribution in [1.82, 2.24) is 15.5 Å². The monoisotopic (exact) mass is 388 g/mol. The minimum absolute atomic E-state index is 0.0774. The average Bonchev–Trinajstić information content (AvgIpc) is 2.98. The van der Waals surface area contributed by atoms with Crippen molar-refractivity contribution in [3.05, 3.63) is 34.9 Å². The molecule has 2 aliphatic heterocycles. The number of piperidine rings is 1. The Morgan fingerprint density at radius 2 is 2.07 bits per heavy atom. The zero-order valence-corrected chi connectivity index (χ0v) is 15.7. The molecule has 2 heterocycles. The second-order valence-corrected chi connectivity index (χ2v) is 8.10. The summed E-state index contributed by atoms with van der Waals surface area (Å²) in [4.78, 5) is 37.9. The lowest BCUT2D eigenvalue weighted by Crippen LogP contribution is -2.52. The molecule has 1 saturated heterocycles. The van der Waals surface area contributed by atoms with Crippen LogP contribution in [0.25, 0.3) is 0 Å². The molecule has 0 radical (unpaired) electrons. The number of benzene rings is 1. The van der Waals surface area contributed by atoms with Gasteiger partial charge in [0.1, 0.15) is 11.7 Å². The number of fused-ring (bicyclic) bond motifs is 1. The van der Waals surface area contributed by atoms with Gasteiger partial charge in [-0.25, -0.2) is 4.39 Å². The number of amides is 3. The Morgan fingerprint density at radius 1 is 1.29 bits per heavy atom. The normalized spacial score (nSPS) is 29.5. The minimum atomic E-state index is -1.20. The van der Waals surface area contributed by atoms with Crippen LogP contribution < -0.4 is 16.4 Å².